The maximum atomic E-state index is 13.3. The second-order valence-electron chi connectivity index (χ2n) is 7.66. The van der Waals surface area contributed by atoms with E-state index in [1.807, 2.05) is 0 Å². The number of sulfone groups is 1. The van der Waals surface area contributed by atoms with E-state index in [0.717, 1.165) is 4.90 Å². The highest BCUT2D eigenvalue weighted by molar-refractivity contribution is 7.92. The quantitative estimate of drug-likeness (QED) is 0.556. The molecule has 0 aromatic heterocycles. The van der Waals surface area contributed by atoms with E-state index in [4.69, 9.17) is 23.2 Å². The van der Waals surface area contributed by atoms with E-state index >= 15 is 0 Å². The van der Waals surface area contributed by atoms with Crippen molar-refractivity contribution in [3.8, 4) is 0 Å². The first kappa shape index (κ1) is 26.3. The van der Waals surface area contributed by atoms with Gasteiger partial charge >= 0.3 is 12.1 Å². The van der Waals surface area contributed by atoms with Gasteiger partial charge in [-0.2, -0.15) is 13.2 Å². The molecule has 0 bridgehead atoms. The monoisotopic (exact) mass is 538 g/mol. The lowest BCUT2D eigenvalue weighted by atomic mass is 10.0. The first-order chi connectivity index (χ1) is 15.8. The van der Waals surface area contributed by atoms with Crippen molar-refractivity contribution in [3.63, 3.8) is 0 Å². The van der Waals surface area contributed by atoms with Gasteiger partial charge in [-0.05, 0) is 36.2 Å². The van der Waals surface area contributed by atoms with Crippen LogP contribution in [-0.4, -0.2) is 60.9 Å². The molecular weight excluding hydrogens is 520 g/mol. The van der Waals surface area contributed by atoms with Crippen LogP contribution in [0.1, 0.15) is 18.0 Å². The normalized spacial score (nSPS) is 19.7. The zero-order valence-electron chi connectivity index (χ0n) is 17.3. The predicted octanol–water partition coefficient (Wildman–Crippen LogP) is 3.71. The summed E-state index contributed by atoms with van der Waals surface area (Å²) in [6.07, 6.45) is -5.10. The smallest absolute Gasteiger partial charge is 0.401 e. The van der Waals surface area contributed by atoms with Crippen molar-refractivity contribution in [2.45, 2.75) is 34.8 Å². The summed E-state index contributed by atoms with van der Waals surface area (Å²) >= 11 is 11.8. The van der Waals surface area contributed by atoms with Crippen LogP contribution in [0.5, 0.6) is 0 Å². The fourth-order valence-electron chi connectivity index (χ4n) is 3.74. The van der Waals surface area contributed by atoms with Gasteiger partial charge in [0.15, 0.2) is 9.84 Å². The lowest BCUT2D eigenvalue weighted by Gasteiger charge is -2.28. The minimum absolute atomic E-state index is 0.0648. The molecule has 3 rings (SSSR count). The van der Waals surface area contributed by atoms with Gasteiger partial charge in [0.05, 0.1) is 21.7 Å². The molecule has 1 heterocycles. The number of likely N-dealkylation sites (tertiary alicyclic amines) is 1. The SMILES string of the molecule is O=C(O)C1CC(S(=O)(=O)c2ccccc2Cl)CN1C(=O)C(NCC(F)(F)F)c1ccc(Cl)cc1. The van der Waals surface area contributed by atoms with Crippen molar-refractivity contribution in [3.05, 3.63) is 64.1 Å². The lowest BCUT2D eigenvalue weighted by Crippen LogP contribution is -2.47. The number of carbonyl (C=O) groups excluding carboxylic acids is 1. The number of nitrogens with one attached hydrogen (secondary N) is 1. The highest BCUT2D eigenvalue weighted by Crippen LogP contribution is 2.33. The molecule has 3 unspecified atom stereocenters. The van der Waals surface area contributed by atoms with Crippen molar-refractivity contribution in [2.24, 2.45) is 0 Å². The summed E-state index contributed by atoms with van der Waals surface area (Å²) in [5.41, 5.74) is 0.111. The summed E-state index contributed by atoms with van der Waals surface area (Å²) in [4.78, 5) is 25.8. The van der Waals surface area contributed by atoms with E-state index in [2.05, 4.69) is 5.32 Å². The van der Waals surface area contributed by atoms with Crippen LogP contribution >= 0.6 is 23.2 Å². The Hall–Kier alpha value is -2.34. The highest BCUT2D eigenvalue weighted by atomic mass is 35.5. The van der Waals surface area contributed by atoms with Crippen LogP contribution in [0.15, 0.2) is 53.4 Å². The van der Waals surface area contributed by atoms with E-state index in [1.54, 1.807) is 0 Å². The molecule has 3 atom stereocenters. The van der Waals surface area contributed by atoms with Gasteiger partial charge in [-0.15, -0.1) is 0 Å². The Morgan fingerprint density at radius 1 is 1.12 bits per heavy atom. The van der Waals surface area contributed by atoms with E-state index in [-0.39, 0.29) is 20.5 Å². The summed E-state index contributed by atoms with van der Waals surface area (Å²) in [5, 5.41) is 10.7. The van der Waals surface area contributed by atoms with Gasteiger partial charge in [-0.25, -0.2) is 13.2 Å². The number of carboxylic acid groups (broad SMARTS) is 1. The molecule has 1 saturated heterocycles. The molecule has 1 aliphatic heterocycles. The zero-order chi connectivity index (χ0) is 25.3. The molecule has 2 N–H and O–H groups in total. The van der Waals surface area contributed by atoms with Crippen LogP contribution in [0.4, 0.5) is 13.2 Å². The predicted molar refractivity (Wildman–Crippen MR) is 118 cm³/mol. The first-order valence-electron chi connectivity index (χ1n) is 9.88. The minimum atomic E-state index is -4.65. The Labute approximate surface area is 203 Å². The van der Waals surface area contributed by atoms with E-state index < -0.39 is 64.7 Å². The van der Waals surface area contributed by atoms with Crippen molar-refractivity contribution >= 4 is 44.9 Å². The van der Waals surface area contributed by atoms with Crippen LogP contribution < -0.4 is 5.32 Å². The van der Waals surface area contributed by atoms with E-state index in [1.165, 1.54) is 48.5 Å². The van der Waals surface area contributed by atoms with Crippen LogP contribution in [0, 0.1) is 0 Å². The second-order valence-corrected chi connectivity index (χ2v) is 10.7. The van der Waals surface area contributed by atoms with Gasteiger partial charge in [0, 0.05) is 11.6 Å². The minimum Gasteiger partial charge on any atom is -0.480 e. The molecule has 0 spiro atoms. The Bertz CT molecular complexity index is 1180. The third-order valence-electron chi connectivity index (χ3n) is 5.37. The molecule has 1 fully saturated rings. The number of halogens is 5. The highest BCUT2D eigenvalue weighted by Gasteiger charge is 2.47. The number of hydrogen-bond donors (Lipinski definition) is 2. The van der Waals surface area contributed by atoms with Gasteiger partial charge in [-0.3, -0.25) is 10.1 Å². The molecule has 0 aliphatic carbocycles. The third-order valence-corrected chi connectivity index (χ3v) is 8.25. The zero-order valence-corrected chi connectivity index (χ0v) is 19.6. The average molecular weight is 539 g/mol. The maximum absolute atomic E-state index is 13.3. The number of benzene rings is 2. The number of alkyl halides is 3. The average Bonchev–Trinajstić information content (AvgIpc) is 3.21. The molecule has 13 heteroatoms. The lowest BCUT2D eigenvalue weighted by molar-refractivity contribution is -0.150. The first-order valence-corrected chi connectivity index (χ1v) is 12.2. The maximum Gasteiger partial charge on any atom is 0.401 e. The number of rotatable bonds is 7. The topological polar surface area (TPSA) is 104 Å². The summed E-state index contributed by atoms with van der Waals surface area (Å²) in [6.45, 7) is -2.06. The van der Waals surface area contributed by atoms with Gasteiger partial charge in [-0.1, -0.05) is 47.5 Å². The number of amides is 1. The number of aliphatic carboxylic acids is 1. The molecule has 1 aliphatic rings. The van der Waals surface area contributed by atoms with Gasteiger partial charge in [0.2, 0.25) is 5.91 Å². The van der Waals surface area contributed by atoms with Gasteiger partial charge in [0.1, 0.15) is 12.1 Å². The second kappa shape index (κ2) is 10.1. The molecule has 0 saturated carbocycles. The molecule has 1 amide bonds. The van der Waals surface area contributed by atoms with E-state index in [0.29, 0.717) is 0 Å². The molecule has 34 heavy (non-hydrogen) atoms. The van der Waals surface area contributed by atoms with Crippen molar-refractivity contribution in [1.29, 1.82) is 0 Å². The fourth-order valence-corrected chi connectivity index (χ4v) is 6.09. The van der Waals surface area contributed by atoms with Crippen molar-refractivity contribution in [2.75, 3.05) is 13.1 Å². The van der Waals surface area contributed by atoms with Gasteiger partial charge < -0.3 is 10.0 Å². The number of nitrogens with zero attached hydrogens (tertiary/aromatic N) is 1. The van der Waals surface area contributed by atoms with Crippen LogP contribution in [0.25, 0.3) is 0 Å². The number of carboxylic acids is 1. The van der Waals surface area contributed by atoms with Gasteiger partial charge in [0.25, 0.3) is 0 Å². The largest absolute Gasteiger partial charge is 0.480 e. The summed E-state index contributed by atoms with van der Waals surface area (Å²) in [6, 6.07) is 7.86. The van der Waals surface area contributed by atoms with Crippen molar-refractivity contribution < 1.29 is 36.3 Å². The Morgan fingerprint density at radius 2 is 1.74 bits per heavy atom. The molecular formula is C21H19Cl2F3N2O5S. The van der Waals surface area contributed by atoms with Crippen LogP contribution in [0.3, 0.4) is 0 Å². The van der Waals surface area contributed by atoms with E-state index in [9.17, 15) is 36.3 Å². The molecule has 2 aromatic rings. The molecule has 2 aromatic carbocycles. The Kier molecular flexibility index (Phi) is 7.81. The summed E-state index contributed by atoms with van der Waals surface area (Å²) < 4.78 is 64.9. The third kappa shape index (κ3) is 5.83. The van der Waals surface area contributed by atoms with Crippen molar-refractivity contribution in [1.82, 2.24) is 10.2 Å². The fraction of sp³-hybridized carbons (Fsp3) is 0.333. The standard InChI is InChI=1S/C21H19Cl2F3N2O5S/c22-13-7-5-12(6-8-13)18(27-11-21(24,25)26)19(29)28-10-14(9-16(28)20(30)31)34(32,33)17-4-2-1-3-15(17)23/h1-8,14,16,18,27H,9-11H2,(H,30,31). The number of hydrogen-bond acceptors (Lipinski definition) is 5. The molecule has 7 nitrogen and oxygen atoms in total. The molecule has 184 valence electrons. The van der Waals surface area contributed by atoms with Crippen LogP contribution in [0.2, 0.25) is 10.0 Å². The molecule has 0 radical (unpaired) electrons. The number of carbonyl (C=O) groups is 2. The Morgan fingerprint density at radius 3 is 2.29 bits per heavy atom. The van der Waals surface area contributed by atoms with Crippen LogP contribution in [-0.2, 0) is 19.4 Å². The Balaban J connectivity index is 1.95. The summed E-state index contributed by atoms with van der Waals surface area (Å²) in [5.74, 6) is -2.48. The summed E-state index contributed by atoms with van der Waals surface area (Å²) in [7, 11) is -4.14.